The first-order valence-electron chi connectivity index (χ1n) is 6.01. The standard InChI is InChI=1S/C15H13ClF2O2/c1-9(19)12-4-3-11(7-15(12)18)20-8-10-2-5-14(17)13(16)6-10/h2-7,9,19H,8H2,1H3/t9-/m1/s1. The number of rotatable bonds is 4. The number of hydrogen-bond donors (Lipinski definition) is 1. The Bertz CT molecular complexity index is 615. The zero-order valence-electron chi connectivity index (χ0n) is 10.7. The van der Waals surface area contributed by atoms with E-state index >= 15 is 0 Å². The summed E-state index contributed by atoms with van der Waals surface area (Å²) >= 11 is 5.66. The molecule has 0 unspecified atom stereocenters. The molecule has 5 heteroatoms. The van der Waals surface area contributed by atoms with Crippen molar-refractivity contribution in [1.29, 1.82) is 0 Å². The van der Waals surface area contributed by atoms with E-state index < -0.39 is 17.7 Å². The molecular formula is C15H13ClF2O2. The molecule has 0 saturated heterocycles. The van der Waals surface area contributed by atoms with Crippen LogP contribution in [0.3, 0.4) is 0 Å². The average Bonchev–Trinajstić information content (AvgIpc) is 2.40. The molecule has 0 aliphatic heterocycles. The van der Waals surface area contributed by atoms with Gasteiger partial charge in [-0.2, -0.15) is 0 Å². The Kier molecular flexibility index (Phi) is 4.57. The number of ether oxygens (including phenoxy) is 1. The van der Waals surface area contributed by atoms with Crippen LogP contribution in [-0.2, 0) is 6.61 Å². The smallest absolute Gasteiger partial charge is 0.141 e. The minimum atomic E-state index is -0.875. The minimum absolute atomic E-state index is 0.0155. The van der Waals surface area contributed by atoms with Gasteiger partial charge >= 0.3 is 0 Å². The molecule has 0 amide bonds. The summed E-state index contributed by atoms with van der Waals surface area (Å²) in [5, 5.41) is 9.34. The van der Waals surface area contributed by atoms with Gasteiger partial charge in [0.05, 0.1) is 11.1 Å². The highest BCUT2D eigenvalue weighted by molar-refractivity contribution is 6.30. The summed E-state index contributed by atoms with van der Waals surface area (Å²) in [5.41, 5.74) is 0.888. The van der Waals surface area contributed by atoms with Crippen molar-refractivity contribution in [3.8, 4) is 5.75 Å². The van der Waals surface area contributed by atoms with Crippen molar-refractivity contribution < 1.29 is 18.6 Å². The average molecular weight is 299 g/mol. The second-order valence-electron chi connectivity index (χ2n) is 4.40. The second-order valence-corrected chi connectivity index (χ2v) is 4.80. The molecule has 2 nitrogen and oxygen atoms in total. The maximum atomic E-state index is 13.6. The van der Waals surface area contributed by atoms with Crippen LogP contribution in [0.4, 0.5) is 8.78 Å². The molecule has 0 heterocycles. The van der Waals surface area contributed by atoms with Crippen molar-refractivity contribution in [3.63, 3.8) is 0 Å². The van der Waals surface area contributed by atoms with E-state index in [1.54, 1.807) is 12.1 Å². The summed E-state index contributed by atoms with van der Waals surface area (Å²) in [4.78, 5) is 0. The zero-order valence-corrected chi connectivity index (χ0v) is 11.5. The van der Waals surface area contributed by atoms with Gasteiger partial charge in [-0.15, -0.1) is 0 Å². The van der Waals surface area contributed by atoms with Crippen LogP contribution in [0.25, 0.3) is 0 Å². The second kappa shape index (κ2) is 6.20. The highest BCUT2D eigenvalue weighted by atomic mass is 35.5. The van der Waals surface area contributed by atoms with Gasteiger partial charge < -0.3 is 9.84 Å². The molecule has 1 N–H and O–H groups in total. The lowest BCUT2D eigenvalue weighted by Crippen LogP contribution is -1.99. The van der Waals surface area contributed by atoms with Crippen molar-refractivity contribution in [3.05, 3.63) is 64.2 Å². The fourth-order valence-electron chi connectivity index (χ4n) is 1.73. The van der Waals surface area contributed by atoms with Crippen LogP contribution in [0.1, 0.15) is 24.2 Å². The molecule has 106 valence electrons. The van der Waals surface area contributed by atoms with Gasteiger partial charge in [-0.3, -0.25) is 0 Å². The van der Waals surface area contributed by atoms with Crippen molar-refractivity contribution in [2.75, 3.05) is 0 Å². The third-order valence-electron chi connectivity index (χ3n) is 2.81. The van der Waals surface area contributed by atoms with Crippen molar-refractivity contribution in [2.24, 2.45) is 0 Å². The van der Waals surface area contributed by atoms with Gasteiger partial charge in [0.1, 0.15) is 24.0 Å². The lowest BCUT2D eigenvalue weighted by Gasteiger charge is -2.10. The molecule has 0 aromatic heterocycles. The van der Waals surface area contributed by atoms with Crippen LogP contribution in [0, 0.1) is 11.6 Å². The van der Waals surface area contributed by atoms with Crippen molar-refractivity contribution in [1.82, 2.24) is 0 Å². The zero-order chi connectivity index (χ0) is 14.7. The molecule has 0 bridgehead atoms. The molecule has 0 aliphatic rings. The Labute approximate surface area is 120 Å². The van der Waals surface area contributed by atoms with Gasteiger partial charge in [-0.05, 0) is 36.8 Å². The van der Waals surface area contributed by atoms with Crippen LogP contribution >= 0.6 is 11.6 Å². The fraction of sp³-hybridized carbons (Fsp3) is 0.200. The number of hydrogen-bond acceptors (Lipinski definition) is 2. The number of benzene rings is 2. The fourth-order valence-corrected chi connectivity index (χ4v) is 1.94. The van der Waals surface area contributed by atoms with Crippen molar-refractivity contribution >= 4 is 11.6 Å². The third kappa shape index (κ3) is 3.46. The first-order chi connectivity index (χ1) is 9.47. The molecule has 0 saturated carbocycles. The Balaban J connectivity index is 2.07. The number of halogens is 3. The van der Waals surface area contributed by atoms with Crippen LogP contribution in [0.5, 0.6) is 5.75 Å². The lowest BCUT2D eigenvalue weighted by atomic mass is 10.1. The van der Waals surface area contributed by atoms with Gasteiger partial charge in [0, 0.05) is 11.6 Å². The molecule has 2 rings (SSSR count). The summed E-state index contributed by atoms with van der Waals surface area (Å²) in [6.07, 6.45) is -0.875. The predicted molar refractivity (Wildman–Crippen MR) is 72.8 cm³/mol. The lowest BCUT2D eigenvalue weighted by molar-refractivity contribution is 0.194. The number of aliphatic hydroxyl groups is 1. The van der Waals surface area contributed by atoms with Crippen LogP contribution < -0.4 is 4.74 Å². The molecule has 0 radical (unpaired) electrons. The Morgan fingerprint density at radius 2 is 1.90 bits per heavy atom. The third-order valence-corrected chi connectivity index (χ3v) is 3.10. The topological polar surface area (TPSA) is 29.5 Å². The maximum Gasteiger partial charge on any atom is 0.141 e. The molecule has 0 fully saturated rings. The minimum Gasteiger partial charge on any atom is -0.489 e. The SMILES string of the molecule is C[C@@H](O)c1ccc(OCc2ccc(F)c(Cl)c2)cc1F. The van der Waals surface area contributed by atoms with Gasteiger partial charge in [-0.25, -0.2) is 8.78 Å². The molecule has 0 aliphatic carbocycles. The van der Waals surface area contributed by atoms with E-state index in [-0.39, 0.29) is 17.2 Å². The quantitative estimate of drug-likeness (QED) is 0.914. The van der Waals surface area contributed by atoms with E-state index in [2.05, 4.69) is 0 Å². The molecular weight excluding hydrogens is 286 g/mol. The van der Waals surface area contributed by atoms with Gasteiger partial charge in [0.15, 0.2) is 0 Å². The summed E-state index contributed by atoms with van der Waals surface area (Å²) in [5.74, 6) is -0.704. The summed E-state index contributed by atoms with van der Waals surface area (Å²) in [6.45, 7) is 1.63. The molecule has 2 aromatic carbocycles. The van der Waals surface area contributed by atoms with Crippen LogP contribution in [-0.4, -0.2) is 5.11 Å². The monoisotopic (exact) mass is 298 g/mol. The largest absolute Gasteiger partial charge is 0.489 e. The van der Waals surface area contributed by atoms with E-state index in [0.29, 0.717) is 11.3 Å². The van der Waals surface area contributed by atoms with E-state index in [1.807, 2.05) is 0 Å². The van der Waals surface area contributed by atoms with Crippen LogP contribution in [0.15, 0.2) is 36.4 Å². The van der Waals surface area contributed by atoms with Gasteiger partial charge in [0.2, 0.25) is 0 Å². The molecule has 0 spiro atoms. The van der Waals surface area contributed by atoms with Crippen molar-refractivity contribution in [2.45, 2.75) is 19.6 Å². The molecule has 2 aromatic rings. The van der Waals surface area contributed by atoms with E-state index in [9.17, 15) is 13.9 Å². The summed E-state index contributed by atoms with van der Waals surface area (Å²) in [6, 6.07) is 8.48. The van der Waals surface area contributed by atoms with E-state index in [1.165, 1.54) is 31.2 Å². The Morgan fingerprint density at radius 3 is 2.50 bits per heavy atom. The number of aliphatic hydroxyl groups excluding tert-OH is 1. The molecule has 20 heavy (non-hydrogen) atoms. The molecule has 1 atom stereocenters. The highest BCUT2D eigenvalue weighted by Gasteiger charge is 2.09. The van der Waals surface area contributed by atoms with Gasteiger partial charge in [-0.1, -0.05) is 17.7 Å². The van der Waals surface area contributed by atoms with Crippen LogP contribution in [0.2, 0.25) is 5.02 Å². The Hall–Kier alpha value is -1.65. The summed E-state index contributed by atoms with van der Waals surface area (Å²) in [7, 11) is 0. The highest BCUT2D eigenvalue weighted by Crippen LogP contribution is 2.23. The first kappa shape index (κ1) is 14.8. The normalized spacial score (nSPS) is 12.2. The van der Waals surface area contributed by atoms with Gasteiger partial charge in [0.25, 0.3) is 0 Å². The Morgan fingerprint density at radius 1 is 1.15 bits per heavy atom. The maximum absolute atomic E-state index is 13.6. The van der Waals surface area contributed by atoms with E-state index in [4.69, 9.17) is 16.3 Å². The predicted octanol–water partition coefficient (Wildman–Crippen LogP) is 4.25. The van der Waals surface area contributed by atoms with E-state index in [0.717, 1.165) is 0 Å². The summed E-state index contributed by atoms with van der Waals surface area (Å²) < 4.78 is 32.0. The first-order valence-corrected chi connectivity index (χ1v) is 6.39.